The first kappa shape index (κ1) is 33.1. The van der Waals surface area contributed by atoms with Gasteiger partial charge in [0.1, 0.15) is 18.3 Å². The number of benzene rings is 3. The molecule has 2 amide bonds. The second kappa shape index (κ2) is 14.8. The summed E-state index contributed by atoms with van der Waals surface area (Å²) in [5.74, 6) is -0.0447. The minimum atomic E-state index is -4.13. The summed E-state index contributed by atoms with van der Waals surface area (Å²) in [5, 5.41) is 3.19. The summed E-state index contributed by atoms with van der Waals surface area (Å²) in [4.78, 5) is 29.7. The zero-order chi connectivity index (χ0) is 31.9. The van der Waals surface area contributed by atoms with E-state index in [4.69, 9.17) is 4.74 Å². The SMILES string of the molecule is CC[C@@H](C(=O)NC1CCCCC1)N(Cc1cccc(OC)c1)C(=O)CN(c1cc(C)cc(C)c1)S(=O)(=O)c1ccc(C)cc1. The van der Waals surface area contributed by atoms with E-state index in [1.54, 1.807) is 43.5 Å². The first-order chi connectivity index (χ1) is 21.0. The Kier molecular flexibility index (Phi) is 11.1. The van der Waals surface area contributed by atoms with E-state index in [1.165, 1.54) is 9.21 Å². The van der Waals surface area contributed by atoms with E-state index in [0.29, 0.717) is 17.9 Å². The van der Waals surface area contributed by atoms with Crippen molar-refractivity contribution in [3.05, 3.63) is 89.0 Å². The zero-order valence-corrected chi connectivity index (χ0v) is 27.3. The average molecular weight is 620 g/mol. The molecular weight excluding hydrogens is 574 g/mol. The van der Waals surface area contributed by atoms with Crippen molar-refractivity contribution in [3.63, 3.8) is 0 Å². The van der Waals surface area contributed by atoms with E-state index in [0.717, 1.165) is 54.4 Å². The molecule has 1 saturated carbocycles. The molecule has 0 aliphatic heterocycles. The number of amides is 2. The molecule has 1 aliphatic rings. The molecule has 0 heterocycles. The zero-order valence-electron chi connectivity index (χ0n) is 26.5. The average Bonchev–Trinajstić information content (AvgIpc) is 3.00. The van der Waals surface area contributed by atoms with E-state index in [2.05, 4.69) is 5.32 Å². The van der Waals surface area contributed by atoms with Crippen LogP contribution in [0.25, 0.3) is 0 Å². The van der Waals surface area contributed by atoms with Gasteiger partial charge in [0, 0.05) is 12.6 Å². The standard InChI is InChI=1S/C35H45N3O5S/c1-6-33(35(40)36-29-12-8-7-9-13-29)37(23-28-11-10-14-31(22-28)43-5)34(39)24-38(30-20-26(3)19-27(4)21-30)44(41,42)32-17-15-25(2)16-18-32/h10-11,14-22,29,33H,6-9,12-13,23-24H2,1-5H3,(H,36,40)/t33-/m0/s1. The van der Waals surface area contributed by atoms with Crippen LogP contribution in [-0.2, 0) is 26.2 Å². The number of nitrogens with one attached hydrogen (secondary N) is 1. The fourth-order valence-electron chi connectivity index (χ4n) is 5.89. The Labute approximate surface area is 262 Å². The molecule has 1 aliphatic carbocycles. The summed E-state index contributed by atoms with van der Waals surface area (Å²) in [6.07, 6.45) is 5.50. The minimum Gasteiger partial charge on any atom is -0.497 e. The van der Waals surface area contributed by atoms with Crippen LogP contribution in [-0.4, -0.2) is 50.9 Å². The molecule has 8 nitrogen and oxygen atoms in total. The molecule has 1 fully saturated rings. The topological polar surface area (TPSA) is 96.0 Å². The third kappa shape index (κ3) is 8.20. The Morgan fingerprint density at radius 3 is 2.18 bits per heavy atom. The number of methoxy groups -OCH3 is 1. The van der Waals surface area contributed by atoms with Crippen LogP contribution in [0.3, 0.4) is 0 Å². The first-order valence-electron chi connectivity index (χ1n) is 15.4. The van der Waals surface area contributed by atoms with Gasteiger partial charge < -0.3 is 15.0 Å². The van der Waals surface area contributed by atoms with E-state index >= 15 is 0 Å². The van der Waals surface area contributed by atoms with Crippen molar-refractivity contribution >= 4 is 27.5 Å². The van der Waals surface area contributed by atoms with Gasteiger partial charge in [0.05, 0.1) is 17.7 Å². The van der Waals surface area contributed by atoms with E-state index in [-0.39, 0.29) is 23.4 Å². The van der Waals surface area contributed by atoms with Crippen molar-refractivity contribution in [1.82, 2.24) is 10.2 Å². The lowest BCUT2D eigenvalue weighted by Crippen LogP contribution is -2.54. The highest BCUT2D eigenvalue weighted by Gasteiger charge is 2.34. The maximum absolute atomic E-state index is 14.4. The Balaban J connectivity index is 1.74. The predicted molar refractivity (Wildman–Crippen MR) is 174 cm³/mol. The van der Waals surface area contributed by atoms with Crippen LogP contribution in [0.1, 0.15) is 67.7 Å². The van der Waals surface area contributed by atoms with Gasteiger partial charge in [-0.05, 0) is 93.1 Å². The normalized spacial score (nSPS) is 14.5. The number of aryl methyl sites for hydroxylation is 3. The quantitative estimate of drug-likeness (QED) is 0.266. The molecule has 0 bridgehead atoms. The monoisotopic (exact) mass is 619 g/mol. The number of ether oxygens (including phenoxy) is 1. The Morgan fingerprint density at radius 1 is 0.909 bits per heavy atom. The van der Waals surface area contributed by atoms with Crippen molar-refractivity contribution in [2.45, 2.75) is 89.7 Å². The van der Waals surface area contributed by atoms with Gasteiger partial charge in [-0.3, -0.25) is 13.9 Å². The van der Waals surface area contributed by atoms with Gasteiger partial charge in [-0.15, -0.1) is 0 Å². The smallest absolute Gasteiger partial charge is 0.264 e. The van der Waals surface area contributed by atoms with Gasteiger partial charge >= 0.3 is 0 Å². The first-order valence-corrected chi connectivity index (χ1v) is 16.9. The van der Waals surface area contributed by atoms with Gasteiger partial charge in [-0.1, -0.05) is 62.1 Å². The molecule has 4 rings (SSSR count). The summed E-state index contributed by atoms with van der Waals surface area (Å²) >= 11 is 0. The molecule has 0 unspecified atom stereocenters. The van der Waals surface area contributed by atoms with Gasteiger partial charge in [-0.25, -0.2) is 8.42 Å². The molecule has 3 aromatic rings. The van der Waals surface area contributed by atoms with Crippen LogP contribution >= 0.6 is 0 Å². The minimum absolute atomic E-state index is 0.0766. The van der Waals surface area contributed by atoms with Crippen molar-refractivity contribution in [2.75, 3.05) is 18.0 Å². The fourth-order valence-corrected chi connectivity index (χ4v) is 7.29. The van der Waals surface area contributed by atoms with Crippen molar-refractivity contribution in [1.29, 1.82) is 0 Å². The third-order valence-electron chi connectivity index (χ3n) is 8.21. The molecule has 236 valence electrons. The Hall–Kier alpha value is -3.85. The molecule has 1 atom stereocenters. The van der Waals surface area contributed by atoms with Crippen molar-refractivity contribution in [2.24, 2.45) is 0 Å². The van der Waals surface area contributed by atoms with Gasteiger partial charge in [0.25, 0.3) is 10.0 Å². The van der Waals surface area contributed by atoms with Gasteiger partial charge in [0.15, 0.2) is 0 Å². The number of sulfonamides is 1. The van der Waals surface area contributed by atoms with Crippen LogP contribution in [0.15, 0.2) is 71.6 Å². The van der Waals surface area contributed by atoms with E-state index in [9.17, 15) is 18.0 Å². The van der Waals surface area contributed by atoms with Crippen molar-refractivity contribution < 1.29 is 22.7 Å². The number of carbonyl (C=O) groups is 2. The van der Waals surface area contributed by atoms with Gasteiger partial charge in [-0.2, -0.15) is 0 Å². The molecule has 0 aromatic heterocycles. The van der Waals surface area contributed by atoms with E-state index < -0.39 is 28.5 Å². The van der Waals surface area contributed by atoms with Crippen LogP contribution in [0.5, 0.6) is 5.75 Å². The number of anilines is 1. The molecular formula is C35H45N3O5S. The highest BCUT2D eigenvalue weighted by molar-refractivity contribution is 7.92. The van der Waals surface area contributed by atoms with Crippen LogP contribution in [0, 0.1) is 20.8 Å². The Morgan fingerprint density at radius 2 is 1.57 bits per heavy atom. The maximum Gasteiger partial charge on any atom is 0.264 e. The lowest BCUT2D eigenvalue weighted by Gasteiger charge is -2.34. The largest absolute Gasteiger partial charge is 0.497 e. The predicted octanol–water partition coefficient (Wildman–Crippen LogP) is 6.07. The van der Waals surface area contributed by atoms with Crippen LogP contribution < -0.4 is 14.4 Å². The molecule has 44 heavy (non-hydrogen) atoms. The lowest BCUT2D eigenvalue weighted by molar-refractivity contribution is -0.140. The molecule has 3 aromatic carbocycles. The number of nitrogens with zero attached hydrogens (tertiary/aromatic N) is 2. The molecule has 0 radical (unpaired) electrons. The third-order valence-corrected chi connectivity index (χ3v) is 9.99. The highest BCUT2D eigenvalue weighted by Crippen LogP contribution is 2.28. The lowest BCUT2D eigenvalue weighted by atomic mass is 9.95. The number of rotatable bonds is 12. The second-order valence-electron chi connectivity index (χ2n) is 11.8. The maximum atomic E-state index is 14.4. The van der Waals surface area contributed by atoms with Crippen molar-refractivity contribution in [3.8, 4) is 5.75 Å². The number of hydrogen-bond acceptors (Lipinski definition) is 5. The molecule has 0 spiro atoms. The molecule has 9 heteroatoms. The molecule has 1 N–H and O–H groups in total. The Bertz CT molecular complexity index is 1530. The second-order valence-corrected chi connectivity index (χ2v) is 13.7. The number of carbonyl (C=O) groups excluding carboxylic acids is 2. The number of hydrogen-bond donors (Lipinski definition) is 1. The highest BCUT2D eigenvalue weighted by atomic mass is 32.2. The van der Waals surface area contributed by atoms with Crippen LogP contribution in [0.2, 0.25) is 0 Å². The summed E-state index contributed by atoms with van der Waals surface area (Å²) in [6, 6.07) is 18.8. The van der Waals surface area contributed by atoms with Crippen LogP contribution in [0.4, 0.5) is 5.69 Å². The summed E-state index contributed by atoms with van der Waals surface area (Å²) < 4.78 is 34.9. The summed E-state index contributed by atoms with van der Waals surface area (Å²) in [7, 11) is -2.55. The fraction of sp³-hybridized carbons (Fsp3) is 0.429. The molecule has 0 saturated heterocycles. The summed E-state index contributed by atoms with van der Waals surface area (Å²) in [6.45, 7) is 7.22. The van der Waals surface area contributed by atoms with Gasteiger partial charge in [0.2, 0.25) is 11.8 Å². The summed E-state index contributed by atoms with van der Waals surface area (Å²) in [5.41, 5.74) is 3.86. The van der Waals surface area contributed by atoms with E-state index in [1.807, 2.05) is 58.0 Å².